The van der Waals surface area contributed by atoms with Gasteiger partial charge in [-0.25, -0.2) is 0 Å². The van der Waals surface area contributed by atoms with Gasteiger partial charge in [0.25, 0.3) is 0 Å². The minimum atomic E-state index is 0.329. The molecule has 4 N–H and O–H groups in total. The Bertz CT molecular complexity index is 1020. The Morgan fingerprint density at radius 3 is 2.71 bits per heavy atom. The molecule has 0 bridgehead atoms. The highest BCUT2D eigenvalue weighted by Crippen LogP contribution is 2.39. The van der Waals surface area contributed by atoms with Gasteiger partial charge in [0.15, 0.2) is 11.6 Å². The Labute approximate surface area is 181 Å². The first-order valence-corrected chi connectivity index (χ1v) is 11.0. The second-order valence-electron chi connectivity index (χ2n) is 8.51. The second kappa shape index (κ2) is 8.54. The Kier molecular flexibility index (Phi) is 5.46. The van der Waals surface area contributed by atoms with Crippen molar-refractivity contribution in [3.05, 3.63) is 35.3 Å². The van der Waals surface area contributed by atoms with Crippen LogP contribution in [0.4, 0.5) is 23.4 Å². The maximum Gasteiger partial charge on any atom is 0.227 e. The first kappa shape index (κ1) is 19.8. The maximum absolute atomic E-state index is 5.43. The summed E-state index contributed by atoms with van der Waals surface area (Å²) in [7, 11) is 0. The molecule has 10 nitrogen and oxygen atoms in total. The van der Waals surface area contributed by atoms with E-state index < -0.39 is 0 Å². The molecule has 0 aromatic carbocycles. The molecule has 1 aliphatic heterocycles. The van der Waals surface area contributed by atoms with E-state index >= 15 is 0 Å². The summed E-state index contributed by atoms with van der Waals surface area (Å²) in [5.41, 5.74) is 2.13. The van der Waals surface area contributed by atoms with Crippen LogP contribution in [0.2, 0.25) is 0 Å². The number of rotatable bonds is 8. The van der Waals surface area contributed by atoms with Crippen molar-refractivity contribution in [2.24, 2.45) is 0 Å². The zero-order valence-corrected chi connectivity index (χ0v) is 18.0. The van der Waals surface area contributed by atoms with E-state index in [-0.39, 0.29) is 0 Å². The van der Waals surface area contributed by atoms with Crippen molar-refractivity contribution >= 4 is 23.4 Å². The van der Waals surface area contributed by atoms with Crippen LogP contribution < -0.4 is 20.9 Å². The van der Waals surface area contributed by atoms with Crippen molar-refractivity contribution in [3.8, 4) is 0 Å². The van der Waals surface area contributed by atoms with Crippen LogP contribution in [0.3, 0.4) is 0 Å². The number of aromatic nitrogens is 5. The van der Waals surface area contributed by atoms with E-state index in [1.54, 1.807) is 0 Å². The van der Waals surface area contributed by atoms with E-state index in [4.69, 9.17) is 9.51 Å². The lowest BCUT2D eigenvalue weighted by atomic mass is 10.1. The average Bonchev–Trinajstić information content (AvgIpc) is 3.33. The van der Waals surface area contributed by atoms with Crippen LogP contribution in [0.25, 0.3) is 0 Å². The van der Waals surface area contributed by atoms with Crippen molar-refractivity contribution in [3.63, 3.8) is 0 Å². The van der Waals surface area contributed by atoms with Gasteiger partial charge in [0.1, 0.15) is 11.6 Å². The zero-order chi connectivity index (χ0) is 21.2. The van der Waals surface area contributed by atoms with Crippen molar-refractivity contribution in [1.29, 1.82) is 0 Å². The number of H-pyrrole nitrogens is 1. The number of piperazine rings is 1. The number of nitrogens with one attached hydrogen (secondary N) is 4. The predicted octanol–water partition coefficient (Wildman–Crippen LogP) is 2.95. The quantitative estimate of drug-likeness (QED) is 0.433. The van der Waals surface area contributed by atoms with E-state index in [1.807, 2.05) is 12.1 Å². The molecule has 1 saturated heterocycles. The first-order chi connectivity index (χ1) is 15.1. The molecule has 1 aliphatic carbocycles. The van der Waals surface area contributed by atoms with E-state index in [1.165, 1.54) is 18.5 Å². The highest BCUT2D eigenvalue weighted by molar-refractivity contribution is 5.60. The van der Waals surface area contributed by atoms with Crippen molar-refractivity contribution in [1.82, 2.24) is 30.6 Å². The minimum Gasteiger partial charge on any atom is -0.359 e. The lowest BCUT2D eigenvalue weighted by molar-refractivity contribution is 0.379. The largest absolute Gasteiger partial charge is 0.359 e. The van der Waals surface area contributed by atoms with Crippen LogP contribution in [-0.4, -0.2) is 51.5 Å². The first-order valence-electron chi connectivity index (χ1n) is 11.0. The van der Waals surface area contributed by atoms with Crippen LogP contribution >= 0.6 is 0 Å². The van der Waals surface area contributed by atoms with Gasteiger partial charge in [-0.1, -0.05) is 19.0 Å². The van der Waals surface area contributed by atoms with Crippen molar-refractivity contribution in [2.45, 2.75) is 45.1 Å². The summed E-state index contributed by atoms with van der Waals surface area (Å²) in [4.78, 5) is 11.7. The molecule has 2 aliphatic rings. The van der Waals surface area contributed by atoms with E-state index in [9.17, 15) is 0 Å². The summed E-state index contributed by atoms with van der Waals surface area (Å²) in [5.74, 6) is 4.62. The molecule has 5 rings (SSSR count). The molecule has 1 saturated carbocycles. The number of hydrogen-bond acceptors (Lipinski definition) is 9. The summed E-state index contributed by atoms with van der Waals surface area (Å²) in [6.07, 6.45) is 2.47. The zero-order valence-electron chi connectivity index (χ0n) is 18.0. The molecule has 3 aromatic rings. The molecule has 10 heteroatoms. The molecular formula is C21H29N9O. The summed E-state index contributed by atoms with van der Waals surface area (Å²) in [6, 6.07) is 6.02. The fourth-order valence-electron chi connectivity index (χ4n) is 3.62. The van der Waals surface area contributed by atoms with Crippen LogP contribution in [-0.2, 0) is 6.54 Å². The fourth-order valence-corrected chi connectivity index (χ4v) is 3.62. The lowest BCUT2D eigenvalue weighted by Crippen LogP contribution is -2.44. The molecule has 31 heavy (non-hydrogen) atoms. The van der Waals surface area contributed by atoms with Gasteiger partial charge in [0.05, 0.1) is 12.2 Å². The summed E-state index contributed by atoms with van der Waals surface area (Å²) in [6.45, 7) is 8.35. The highest BCUT2D eigenvalue weighted by Gasteiger charge is 2.25. The molecule has 3 aromatic heterocycles. The Morgan fingerprint density at radius 2 is 1.97 bits per heavy atom. The van der Waals surface area contributed by atoms with Gasteiger partial charge in [0.2, 0.25) is 5.95 Å². The smallest absolute Gasteiger partial charge is 0.227 e. The third-order valence-corrected chi connectivity index (χ3v) is 5.61. The standard InChI is InChI=1S/C21H29N9O/c1-13(2)16-9-15(31-29-16)12-23-21-25-18(11-20(26-21)30-7-5-22-6-8-30)24-19-10-17(27-28-19)14-3-4-14/h9-11,13-14,22H,3-8,12H2,1-2H3,(H3,23,24,25,26,27,28). The highest BCUT2D eigenvalue weighted by atomic mass is 16.5. The van der Waals surface area contributed by atoms with E-state index in [0.29, 0.717) is 30.1 Å². The van der Waals surface area contributed by atoms with Gasteiger partial charge < -0.3 is 25.4 Å². The summed E-state index contributed by atoms with van der Waals surface area (Å²) in [5, 5.41) is 21.6. The van der Waals surface area contributed by atoms with E-state index in [2.05, 4.69) is 61.1 Å². The lowest BCUT2D eigenvalue weighted by Gasteiger charge is -2.28. The minimum absolute atomic E-state index is 0.329. The molecule has 164 valence electrons. The third kappa shape index (κ3) is 4.79. The van der Waals surface area contributed by atoms with Crippen LogP contribution in [0.15, 0.2) is 22.7 Å². The fraction of sp³-hybridized carbons (Fsp3) is 0.524. The van der Waals surface area contributed by atoms with Crippen molar-refractivity contribution < 1.29 is 4.52 Å². The molecular weight excluding hydrogens is 394 g/mol. The molecule has 2 fully saturated rings. The number of nitrogens with zero attached hydrogens (tertiary/aromatic N) is 5. The monoisotopic (exact) mass is 423 g/mol. The molecule has 0 radical (unpaired) electrons. The number of aromatic amines is 1. The molecule has 0 atom stereocenters. The van der Waals surface area contributed by atoms with Crippen molar-refractivity contribution in [2.75, 3.05) is 41.7 Å². The van der Waals surface area contributed by atoms with Gasteiger partial charge in [-0.15, -0.1) is 0 Å². The predicted molar refractivity (Wildman–Crippen MR) is 119 cm³/mol. The maximum atomic E-state index is 5.43. The van der Waals surface area contributed by atoms with E-state index in [0.717, 1.165) is 49.3 Å². The van der Waals surface area contributed by atoms with Gasteiger partial charge in [0, 0.05) is 56.0 Å². The van der Waals surface area contributed by atoms with Gasteiger partial charge in [-0.05, 0) is 18.8 Å². The number of hydrogen-bond donors (Lipinski definition) is 4. The van der Waals surface area contributed by atoms with Crippen LogP contribution in [0.1, 0.15) is 55.7 Å². The van der Waals surface area contributed by atoms with Gasteiger partial charge >= 0.3 is 0 Å². The normalized spacial score (nSPS) is 16.7. The molecule has 0 unspecified atom stereocenters. The average molecular weight is 424 g/mol. The summed E-state index contributed by atoms with van der Waals surface area (Å²) < 4.78 is 5.43. The van der Waals surface area contributed by atoms with Gasteiger partial charge in [-0.3, -0.25) is 5.10 Å². The SMILES string of the molecule is CC(C)c1cc(CNc2nc(Nc3cc(C4CC4)[nH]n3)cc(N3CCNCC3)n2)on1. The van der Waals surface area contributed by atoms with Crippen LogP contribution in [0, 0.1) is 0 Å². The second-order valence-corrected chi connectivity index (χ2v) is 8.51. The topological polar surface area (TPSA) is 120 Å². The Morgan fingerprint density at radius 1 is 1.13 bits per heavy atom. The van der Waals surface area contributed by atoms with Gasteiger partial charge in [-0.2, -0.15) is 15.1 Å². The summed E-state index contributed by atoms with van der Waals surface area (Å²) >= 11 is 0. The molecule has 4 heterocycles. The molecule has 0 amide bonds. The van der Waals surface area contributed by atoms with Crippen LogP contribution in [0.5, 0.6) is 0 Å². The Balaban J connectivity index is 1.35. The molecule has 0 spiro atoms. The Hall–Kier alpha value is -3.14. The third-order valence-electron chi connectivity index (χ3n) is 5.61. The number of anilines is 4.